The van der Waals surface area contributed by atoms with Crippen molar-refractivity contribution >= 4 is 17.3 Å². The first-order valence-electron chi connectivity index (χ1n) is 7.84. The van der Waals surface area contributed by atoms with Crippen molar-refractivity contribution in [1.82, 2.24) is 4.98 Å². The lowest BCUT2D eigenvalue weighted by atomic mass is 10.2. The van der Waals surface area contributed by atoms with Gasteiger partial charge in [0.1, 0.15) is 5.75 Å². The summed E-state index contributed by atoms with van der Waals surface area (Å²) in [6.07, 6.45) is -2.08. The number of ether oxygens (including phenoxy) is 2. The van der Waals surface area contributed by atoms with Crippen molar-refractivity contribution in [3.8, 4) is 5.75 Å². The van der Waals surface area contributed by atoms with E-state index in [0.29, 0.717) is 25.4 Å². The zero-order valence-corrected chi connectivity index (χ0v) is 13.6. The second kappa shape index (κ2) is 7.61. The summed E-state index contributed by atoms with van der Waals surface area (Å²) in [5, 5.41) is 2.63. The van der Waals surface area contributed by atoms with Crippen molar-refractivity contribution < 1.29 is 27.4 Å². The Hall–Kier alpha value is -2.81. The van der Waals surface area contributed by atoms with E-state index in [1.54, 1.807) is 12.4 Å². The molecule has 26 heavy (non-hydrogen) atoms. The van der Waals surface area contributed by atoms with Crippen LogP contribution in [0.2, 0.25) is 0 Å². The normalized spacial score (nSPS) is 17.7. The maximum atomic E-state index is 12.4. The fourth-order valence-corrected chi connectivity index (χ4v) is 2.55. The molecule has 0 radical (unpaired) electrons. The average Bonchev–Trinajstić information content (AvgIpc) is 2.63. The number of aromatic nitrogens is 1. The van der Waals surface area contributed by atoms with Crippen molar-refractivity contribution in [3.05, 3.63) is 48.8 Å². The van der Waals surface area contributed by atoms with Crippen LogP contribution in [0.3, 0.4) is 0 Å². The third-order valence-corrected chi connectivity index (χ3v) is 3.73. The van der Waals surface area contributed by atoms with Crippen molar-refractivity contribution in [1.29, 1.82) is 0 Å². The minimum atomic E-state index is -4.75. The lowest BCUT2D eigenvalue weighted by Crippen LogP contribution is -2.48. The lowest BCUT2D eigenvalue weighted by molar-refractivity contribution is -0.274. The summed E-state index contributed by atoms with van der Waals surface area (Å²) >= 11 is 0. The molecule has 0 aliphatic carbocycles. The van der Waals surface area contributed by atoms with Crippen LogP contribution in [0.1, 0.15) is 0 Å². The highest BCUT2D eigenvalue weighted by molar-refractivity contribution is 5.94. The summed E-state index contributed by atoms with van der Waals surface area (Å²) < 4.78 is 45.8. The summed E-state index contributed by atoms with van der Waals surface area (Å²) in [5.41, 5.74) is 1.24. The van der Waals surface area contributed by atoms with Gasteiger partial charge in [0.2, 0.25) is 0 Å². The van der Waals surface area contributed by atoms with Gasteiger partial charge in [-0.2, -0.15) is 0 Å². The molecule has 138 valence electrons. The number of amides is 1. The first-order chi connectivity index (χ1) is 12.4. The van der Waals surface area contributed by atoms with Crippen LogP contribution in [0.25, 0.3) is 0 Å². The molecule has 2 heterocycles. The Balaban J connectivity index is 1.59. The molecule has 1 fully saturated rings. The molecule has 1 aliphatic rings. The van der Waals surface area contributed by atoms with Crippen LogP contribution in [0.4, 0.5) is 24.5 Å². The first kappa shape index (κ1) is 18.0. The van der Waals surface area contributed by atoms with Crippen molar-refractivity contribution in [3.63, 3.8) is 0 Å². The number of pyridine rings is 1. The second-order valence-corrected chi connectivity index (χ2v) is 5.58. The predicted molar refractivity (Wildman–Crippen MR) is 87.9 cm³/mol. The maximum Gasteiger partial charge on any atom is 0.573 e. The Kier molecular flexibility index (Phi) is 5.27. The number of rotatable bonds is 4. The minimum Gasteiger partial charge on any atom is -0.406 e. The number of alkyl halides is 3. The van der Waals surface area contributed by atoms with Crippen LogP contribution >= 0.6 is 0 Å². The number of nitrogens with one attached hydrogen (secondary N) is 1. The maximum absolute atomic E-state index is 12.4. The number of morpholine rings is 1. The third-order valence-electron chi connectivity index (χ3n) is 3.73. The number of carbonyl (C=O) groups is 1. The van der Waals surface area contributed by atoms with Gasteiger partial charge in [-0.3, -0.25) is 9.78 Å². The molecule has 1 atom stereocenters. The van der Waals surface area contributed by atoms with Gasteiger partial charge in [0.25, 0.3) is 5.91 Å². The van der Waals surface area contributed by atoms with Crippen LogP contribution in [0, 0.1) is 0 Å². The van der Waals surface area contributed by atoms with Gasteiger partial charge in [-0.1, -0.05) is 0 Å². The number of nitrogens with zero attached hydrogens (tertiary/aromatic N) is 2. The molecule has 3 rings (SSSR count). The molecule has 9 heteroatoms. The largest absolute Gasteiger partial charge is 0.573 e. The molecule has 1 N–H and O–H groups in total. The van der Waals surface area contributed by atoms with Gasteiger partial charge in [0.05, 0.1) is 25.0 Å². The lowest BCUT2D eigenvalue weighted by Gasteiger charge is -2.33. The molecular weight excluding hydrogens is 351 g/mol. The zero-order valence-electron chi connectivity index (χ0n) is 13.6. The van der Waals surface area contributed by atoms with Gasteiger partial charge in [-0.05, 0) is 36.4 Å². The molecule has 6 nitrogen and oxygen atoms in total. The van der Waals surface area contributed by atoms with Crippen LogP contribution in [0.5, 0.6) is 5.75 Å². The molecule has 1 saturated heterocycles. The number of carbonyl (C=O) groups excluding carboxylic acids is 1. The highest BCUT2D eigenvalue weighted by atomic mass is 19.4. The van der Waals surface area contributed by atoms with Crippen LogP contribution in [-0.2, 0) is 9.53 Å². The van der Waals surface area contributed by atoms with Crippen LogP contribution in [-0.4, -0.2) is 43.1 Å². The summed E-state index contributed by atoms with van der Waals surface area (Å²) in [6.45, 7) is 1.37. The van der Waals surface area contributed by atoms with Gasteiger partial charge in [-0.25, -0.2) is 0 Å². The Morgan fingerprint density at radius 1 is 1.27 bits per heavy atom. The number of anilines is 2. The molecular formula is C17H16F3N3O3. The van der Waals surface area contributed by atoms with Gasteiger partial charge >= 0.3 is 6.36 Å². The van der Waals surface area contributed by atoms with E-state index in [0.717, 1.165) is 17.8 Å². The van der Waals surface area contributed by atoms with Crippen LogP contribution in [0.15, 0.2) is 48.8 Å². The summed E-state index contributed by atoms with van der Waals surface area (Å²) in [4.78, 5) is 18.4. The quantitative estimate of drug-likeness (QED) is 0.900. The molecule has 0 unspecified atom stereocenters. The average molecular weight is 367 g/mol. The smallest absolute Gasteiger partial charge is 0.406 e. The molecule has 1 aromatic heterocycles. The van der Waals surface area contributed by atoms with Gasteiger partial charge in [0.15, 0.2) is 6.10 Å². The standard InChI is InChI=1S/C17H16F3N3O3/c18-17(19,20)26-14-5-3-12(4-6-14)22-16(24)15-11-23(8-9-25-15)13-2-1-7-21-10-13/h1-7,10,15H,8-9,11H2,(H,22,24)/t15-/m1/s1. The Morgan fingerprint density at radius 3 is 2.69 bits per heavy atom. The summed E-state index contributed by atoms with van der Waals surface area (Å²) in [6, 6.07) is 8.64. The summed E-state index contributed by atoms with van der Waals surface area (Å²) in [7, 11) is 0. The highest BCUT2D eigenvalue weighted by Gasteiger charge is 2.31. The molecule has 2 aromatic rings. The van der Waals surface area contributed by atoms with E-state index in [-0.39, 0.29) is 11.7 Å². The van der Waals surface area contributed by atoms with E-state index in [1.807, 2.05) is 17.0 Å². The molecule has 1 aliphatic heterocycles. The number of hydrogen-bond acceptors (Lipinski definition) is 5. The van der Waals surface area contributed by atoms with Gasteiger partial charge in [0, 0.05) is 18.4 Å². The molecule has 1 amide bonds. The van der Waals surface area contributed by atoms with Crippen molar-refractivity contribution in [2.24, 2.45) is 0 Å². The molecule has 0 saturated carbocycles. The summed E-state index contributed by atoms with van der Waals surface area (Å²) in [5.74, 6) is -0.727. The predicted octanol–water partition coefficient (Wildman–Crippen LogP) is 2.82. The third kappa shape index (κ3) is 4.85. The highest BCUT2D eigenvalue weighted by Crippen LogP contribution is 2.24. The second-order valence-electron chi connectivity index (χ2n) is 5.58. The minimum absolute atomic E-state index is 0.353. The first-order valence-corrected chi connectivity index (χ1v) is 7.84. The van der Waals surface area contributed by atoms with Gasteiger partial charge < -0.3 is 19.7 Å². The van der Waals surface area contributed by atoms with Gasteiger partial charge in [-0.15, -0.1) is 13.2 Å². The fourth-order valence-electron chi connectivity index (χ4n) is 2.55. The molecule has 1 aromatic carbocycles. The monoisotopic (exact) mass is 367 g/mol. The van der Waals surface area contributed by atoms with Crippen LogP contribution < -0.4 is 15.0 Å². The topological polar surface area (TPSA) is 63.7 Å². The van der Waals surface area contributed by atoms with Crippen molar-refractivity contribution in [2.75, 3.05) is 29.9 Å². The van der Waals surface area contributed by atoms with E-state index < -0.39 is 12.5 Å². The SMILES string of the molecule is O=C(Nc1ccc(OC(F)(F)F)cc1)[C@H]1CN(c2cccnc2)CCO1. The van der Waals surface area contributed by atoms with Crippen molar-refractivity contribution in [2.45, 2.75) is 12.5 Å². The van der Waals surface area contributed by atoms with E-state index in [1.165, 1.54) is 12.1 Å². The van der Waals surface area contributed by atoms with E-state index >= 15 is 0 Å². The fraction of sp³-hybridized carbons (Fsp3) is 0.294. The zero-order chi connectivity index (χ0) is 18.6. The molecule has 0 bridgehead atoms. The number of hydrogen-bond donors (Lipinski definition) is 1. The van der Waals surface area contributed by atoms with E-state index in [9.17, 15) is 18.0 Å². The number of halogens is 3. The Morgan fingerprint density at radius 2 is 2.04 bits per heavy atom. The van der Waals surface area contributed by atoms with E-state index in [2.05, 4.69) is 15.0 Å². The Labute approximate surface area is 147 Å². The molecule has 0 spiro atoms. The number of benzene rings is 1. The Bertz CT molecular complexity index is 738. The van der Waals surface area contributed by atoms with E-state index in [4.69, 9.17) is 4.74 Å².